The number of aromatic nitrogens is 2. The van der Waals surface area contributed by atoms with E-state index in [1.54, 1.807) is 18.3 Å². The standard InChI is InChI=1S/C25H31N5O3/c1-19-15-29-20(16-28-19)17-30-13-6-10-25(18-30)9-4-5-14-33-22-8-3-2-7-21(22)23(31)26-11-12-27-24(25)32/h2-5,7-8,15-16H,6,9-14,17-18H2,1H3,(H,26,31)(H,27,32)/b5-4+/t25-/m1/s1. The van der Waals surface area contributed by atoms with E-state index < -0.39 is 5.41 Å². The number of likely N-dealkylation sites (tertiary alicyclic amines) is 1. The van der Waals surface area contributed by atoms with Crippen LogP contribution in [0, 0.1) is 12.3 Å². The van der Waals surface area contributed by atoms with Crippen molar-refractivity contribution < 1.29 is 14.3 Å². The minimum absolute atomic E-state index is 0.0273. The van der Waals surface area contributed by atoms with Gasteiger partial charge in [-0.15, -0.1) is 0 Å². The number of fused-ring (bicyclic) bond motifs is 1. The Balaban J connectivity index is 1.49. The maximum Gasteiger partial charge on any atom is 0.255 e. The topological polar surface area (TPSA) is 96.5 Å². The van der Waals surface area contributed by atoms with Gasteiger partial charge in [-0.1, -0.05) is 24.3 Å². The van der Waals surface area contributed by atoms with Gasteiger partial charge in [-0.25, -0.2) is 0 Å². The molecule has 2 aliphatic rings. The average molecular weight is 450 g/mol. The highest BCUT2D eigenvalue weighted by Gasteiger charge is 2.41. The molecule has 1 aromatic carbocycles. The van der Waals surface area contributed by atoms with Crippen molar-refractivity contribution in [1.29, 1.82) is 0 Å². The van der Waals surface area contributed by atoms with Crippen LogP contribution in [0.15, 0.2) is 48.8 Å². The molecule has 2 aromatic rings. The molecule has 1 fully saturated rings. The Kier molecular flexibility index (Phi) is 7.34. The first-order chi connectivity index (χ1) is 16.1. The van der Waals surface area contributed by atoms with Crippen molar-refractivity contribution >= 4 is 11.8 Å². The zero-order valence-corrected chi connectivity index (χ0v) is 19.0. The number of aryl methyl sites for hydroxylation is 1. The highest BCUT2D eigenvalue weighted by Crippen LogP contribution is 2.35. The van der Waals surface area contributed by atoms with Crippen LogP contribution in [0.25, 0.3) is 0 Å². The molecule has 2 N–H and O–H groups in total. The molecule has 174 valence electrons. The maximum absolute atomic E-state index is 13.3. The predicted molar refractivity (Wildman–Crippen MR) is 125 cm³/mol. The monoisotopic (exact) mass is 449 g/mol. The fraction of sp³-hybridized carbons (Fsp3) is 0.440. The second-order valence-corrected chi connectivity index (χ2v) is 8.74. The third kappa shape index (κ3) is 5.76. The zero-order chi connectivity index (χ0) is 23.1. The van der Waals surface area contributed by atoms with Crippen LogP contribution in [0.3, 0.4) is 0 Å². The fourth-order valence-electron chi connectivity index (χ4n) is 4.47. The van der Waals surface area contributed by atoms with Gasteiger partial charge in [0.1, 0.15) is 12.4 Å². The van der Waals surface area contributed by atoms with Crippen LogP contribution in [0.1, 0.15) is 41.0 Å². The number of carbonyl (C=O) groups is 2. The van der Waals surface area contributed by atoms with E-state index in [9.17, 15) is 9.59 Å². The van der Waals surface area contributed by atoms with Crippen LogP contribution in [0.5, 0.6) is 5.75 Å². The molecule has 1 spiro atoms. The lowest BCUT2D eigenvalue weighted by Crippen LogP contribution is -2.52. The number of benzene rings is 1. The second kappa shape index (κ2) is 10.6. The number of nitrogens with one attached hydrogen (secondary N) is 2. The van der Waals surface area contributed by atoms with Crippen LogP contribution in [0.2, 0.25) is 0 Å². The lowest BCUT2D eigenvalue weighted by Gasteiger charge is -2.41. The van der Waals surface area contributed by atoms with Gasteiger partial charge in [-0.3, -0.25) is 24.5 Å². The van der Waals surface area contributed by atoms with E-state index in [0.717, 1.165) is 30.8 Å². The first kappa shape index (κ1) is 22.9. The van der Waals surface area contributed by atoms with Gasteiger partial charge in [-0.2, -0.15) is 0 Å². The molecule has 0 saturated carbocycles. The van der Waals surface area contributed by atoms with Gasteiger partial charge in [0.25, 0.3) is 5.91 Å². The Morgan fingerprint density at radius 3 is 2.79 bits per heavy atom. The molecule has 8 heteroatoms. The highest BCUT2D eigenvalue weighted by atomic mass is 16.5. The summed E-state index contributed by atoms with van der Waals surface area (Å²) in [5, 5.41) is 5.93. The van der Waals surface area contributed by atoms with Gasteiger partial charge in [-0.05, 0) is 44.9 Å². The van der Waals surface area contributed by atoms with E-state index in [-0.39, 0.29) is 11.8 Å². The van der Waals surface area contributed by atoms with E-state index >= 15 is 0 Å². The summed E-state index contributed by atoms with van der Waals surface area (Å²) in [5.74, 6) is 0.372. The summed E-state index contributed by atoms with van der Waals surface area (Å²) in [6, 6.07) is 7.19. The molecule has 0 aliphatic carbocycles. The summed E-state index contributed by atoms with van der Waals surface area (Å²) in [4.78, 5) is 37.0. The van der Waals surface area contributed by atoms with Crippen LogP contribution in [-0.4, -0.2) is 59.5 Å². The van der Waals surface area contributed by atoms with Crippen molar-refractivity contribution in [2.24, 2.45) is 5.41 Å². The molecular formula is C25H31N5O3. The highest BCUT2D eigenvalue weighted by molar-refractivity contribution is 5.96. The number of para-hydroxylation sites is 1. The Bertz CT molecular complexity index is 1010. The molecule has 0 radical (unpaired) electrons. The fourth-order valence-corrected chi connectivity index (χ4v) is 4.47. The van der Waals surface area contributed by atoms with Crippen molar-refractivity contribution in [3.8, 4) is 5.75 Å². The molecular weight excluding hydrogens is 418 g/mol. The van der Waals surface area contributed by atoms with Crippen molar-refractivity contribution in [1.82, 2.24) is 25.5 Å². The van der Waals surface area contributed by atoms with Crippen molar-refractivity contribution in [3.63, 3.8) is 0 Å². The quantitative estimate of drug-likeness (QED) is 0.683. The Morgan fingerprint density at radius 1 is 1.09 bits per heavy atom. The number of ether oxygens (including phenoxy) is 1. The Hall–Kier alpha value is -3.26. The summed E-state index contributed by atoms with van der Waals surface area (Å²) >= 11 is 0. The lowest BCUT2D eigenvalue weighted by molar-refractivity contribution is -0.134. The van der Waals surface area contributed by atoms with E-state index in [1.165, 1.54) is 0 Å². The molecule has 1 aromatic heterocycles. The number of nitrogens with zero attached hydrogens (tertiary/aromatic N) is 3. The maximum atomic E-state index is 13.3. The molecule has 1 saturated heterocycles. The molecule has 2 aliphatic heterocycles. The van der Waals surface area contributed by atoms with E-state index in [0.29, 0.717) is 50.5 Å². The van der Waals surface area contributed by atoms with Gasteiger partial charge >= 0.3 is 0 Å². The average Bonchev–Trinajstić information content (AvgIpc) is 2.83. The molecule has 4 rings (SSSR count). The Morgan fingerprint density at radius 2 is 1.94 bits per heavy atom. The van der Waals surface area contributed by atoms with E-state index in [4.69, 9.17) is 4.74 Å². The van der Waals surface area contributed by atoms with Crippen LogP contribution >= 0.6 is 0 Å². The first-order valence-corrected chi connectivity index (χ1v) is 11.5. The number of hydrogen-bond donors (Lipinski definition) is 2. The number of rotatable bonds is 2. The molecule has 0 unspecified atom stereocenters. The predicted octanol–water partition coefficient (Wildman–Crippen LogP) is 2.25. The van der Waals surface area contributed by atoms with Crippen molar-refractivity contribution in [2.45, 2.75) is 32.7 Å². The summed E-state index contributed by atoms with van der Waals surface area (Å²) in [6.45, 7) is 5.23. The number of piperidine rings is 1. The summed E-state index contributed by atoms with van der Waals surface area (Å²) in [5.41, 5.74) is 1.76. The van der Waals surface area contributed by atoms with Gasteiger partial charge in [0.15, 0.2) is 0 Å². The molecule has 3 heterocycles. The number of allylic oxidation sites excluding steroid dienone is 1. The number of hydrogen-bond acceptors (Lipinski definition) is 6. The number of amides is 2. The first-order valence-electron chi connectivity index (χ1n) is 11.5. The molecule has 2 amide bonds. The van der Waals surface area contributed by atoms with Gasteiger partial charge in [0.05, 0.1) is 22.4 Å². The van der Waals surface area contributed by atoms with Gasteiger partial charge in [0.2, 0.25) is 5.91 Å². The minimum Gasteiger partial charge on any atom is -0.489 e. The summed E-state index contributed by atoms with van der Waals surface area (Å²) in [6.07, 6.45) is 9.92. The second-order valence-electron chi connectivity index (χ2n) is 8.74. The molecule has 8 nitrogen and oxygen atoms in total. The third-order valence-electron chi connectivity index (χ3n) is 6.20. The summed E-state index contributed by atoms with van der Waals surface area (Å²) in [7, 11) is 0. The van der Waals surface area contributed by atoms with Crippen LogP contribution in [-0.2, 0) is 11.3 Å². The van der Waals surface area contributed by atoms with Crippen LogP contribution < -0.4 is 15.4 Å². The van der Waals surface area contributed by atoms with Crippen LogP contribution in [0.4, 0.5) is 0 Å². The van der Waals surface area contributed by atoms with Crippen molar-refractivity contribution in [3.05, 3.63) is 65.8 Å². The largest absolute Gasteiger partial charge is 0.489 e. The smallest absolute Gasteiger partial charge is 0.255 e. The van der Waals surface area contributed by atoms with Gasteiger partial charge in [0, 0.05) is 38.6 Å². The normalized spacial score (nSPS) is 23.5. The van der Waals surface area contributed by atoms with E-state index in [1.807, 2.05) is 37.4 Å². The SMILES string of the molecule is Cc1cnc(CN2CCC[C@]3(C/C=C/COc4ccccc4C(=O)NCCNC3=O)C2)cn1. The minimum atomic E-state index is -0.529. The molecule has 0 bridgehead atoms. The number of carbonyl (C=O) groups excluding carboxylic acids is 2. The third-order valence-corrected chi connectivity index (χ3v) is 6.20. The zero-order valence-electron chi connectivity index (χ0n) is 19.0. The summed E-state index contributed by atoms with van der Waals surface area (Å²) < 4.78 is 5.84. The molecule has 1 atom stereocenters. The molecule has 33 heavy (non-hydrogen) atoms. The van der Waals surface area contributed by atoms with E-state index in [2.05, 4.69) is 25.5 Å². The lowest BCUT2D eigenvalue weighted by atomic mass is 9.76. The van der Waals surface area contributed by atoms with Crippen molar-refractivity contribution in [2.75, 3.05) is 32.8 Å². The van der Waals surface area contributed by atoms with Gasteiger partial charge < -0.3 is 15.4 Å². The Labute approximate surface area is 194 Å².